The predicted molar refractivity (Wildman–Crippen MR) is 103 cm³/mol. The van der Waals surface area contributed by atoms with Crippen LogP contribution in [0.1, 0.15) is 5.56 Å². The van der Waals surface area contributed by atoms with Crippen molar-refractivity contribution >= 4 is 23.4 Å². The van der Waals surface area contributed by atoms with Crippen LogP contribution in [0.15, 0.2) is 30.6 Å². The van der Waals surface area contributed by atoms with Crippen LogP contribution in [0, 0.1) is 0 Å². The third-order valence-corrected chi connectivity index (χ3v) is 5.12. The molecule has 0 atom stereocenters. The summed E-state index contributed by atoms with van der Waals surface area (Å²) in [6.07, 6.45) is 2.45. The molecule has 0 radical (unpaired) electrons. The van der Waals surface area contributed by atoms with Gasteiger partial charge in [0.05, 0.1) is 14.2 Å². The van der Waals surface area contributed by atoms with Gasteiger partial charge in [0.25, 0.3) is 0 Å². The zero-order valence-corrected chi connectivity index (χ0v) is 15.5. The van der Waals surface area contributed by atoms with Crippen molar-refractivity contribution in [3.05, 3.63) is 36.2 Å². The van der Waals surface area contributed by atoms with E-state index in [2.05, 4.69) is 20.2 Å². The van der Waals surface area contributed by atoms with E-state index >= 15 is 0 Å². The number of hydrogen-bond acceptors (Lipinski definition) is 7. The fourth-order valence-corrected chi connectivity index (χ4v) is 3.71. The van der Waals surface area contributed by atoms with Gasteiger partial charge in [-0.05, 0) is 30.2 Å². The number of nitrogens with one attached hydrogen (secondary N) is 1. The first-order chi connectivity index (χ1) is 12.3. The van der Waals surface area contributed by atoms with Gasteiger partial charge in [0.15, 0.2) is 0 Å². The van der Waals surface area contributed by atoms with E-state index < -0.39 is 0 Å². The van der Waals surface area contributed by atoms with Crippen molar-refractivity contribution in [2.24, 2.45) is 0 Å². The molecule has 6 nitrogen and oxygen atoms in total. The van der Waals surface area contributed by atoms with Gasteiger partial charge < -0.3 is 19.7 Å². The molecular weight excluding hydrogens is 336 g/mol. The number of ether oxygens (including phenoxy) is 2. The number of rotatable bonds is 7. The van der Waals surface area contributed by atoms with Crippen molar-refractivity contribution in [1.82, 2.24) is 9.97 Å². The number of methoxy groups -OCH3 is 2. The van der Waals surface area contributed by atoms with E-state index in [0.717, 1.165) is 66.3 Å². The summed E-state index contributed by atoms with van der Waals surface area (Å²) in [5, 5.41) is 3.38. The second kappa shape index (κ2) is 8.80. The number of anilines is 2. The molecule has 0 aliphatic carbocycles. The predicted octanol–water partition coefficient (Wildman–Crippen LogP) is 2.70. The highest BCUT2D eigenvalue weighted by Crippen LogP contribution is 2.24. The number of aromatic nitrogens is 2. The minimum absolute atomic E-state index is 0.760. The topological polar surface area (TPSA) is 59.5 Å². The Morgan fingerprint density at radius 3 is 2.72 bits per heavy atom. The quantitative estimate of drug-likeness (QED) is 0.814. The molecule has 0 spiro atoms. The Bertz CT molecular complexity index is 693. The fourth-order valence-electron chi connectivity index (χ4n) is 2.81. The highest BCUT2D eigenvalue weighted by molar-refractivity contribution is 7.99. The Labute approximate surface area is 153 Å². The maximum Gasteiger partial charge on any atom is 0.134 e. The Balaban J connectivity index is 1.60. The van der Waals surface area contributed by atoms with Crippen LogP contribution in [0.4, 0.5) is 11.6 Å². The molecule has 3 rings (SSSR count). The second-order valence-corrected chi connectivity index (χ2v) is 6.94. The molecule has 2 heterocycles. The van der Waals surface area contributed by atoms with Crippen molar-refractivity contribution in [2.75, 3.05) is 55.6 Å². The number of thioether (sulfide) groups is 1. The smallest absolute Gasteiger partial charge is 0.134 e. The van der Waals surface area contributed by atoms with Crippen LogP contribution < -0.4 is 19.7 Å². The van der Waals surface area contributed by atoms with Crippen molar-refractivity contribution in [2.45, 2.75) is 6.42 Å². The molecule has 1 aromatic carbocycles. The maximum atomic E-state index is 5.43. The maximum absolute atomic E-state index is 5.43. The summed E-state index contributed by atoms with van der Waals surface area (Å²) < 4.78 is 10.7. The monoisotopic (exact) mass is 360 g/mol. The lowest BCUT2D eigenvalue weighted by molar-refractivity contribution is 0.399. The van der Waals surface area contributed by atoms with E-state index in [4.69, 9.17) is 9.47 Å². The Morgan fingerprint density at radius 1 is 1.12 bits per heavy atom. The first-order valence-electron chi connectivity index (χ1n) is 8.39. The molecule has 1 N–H and O–H groups in total. The lowest BCUT2D eigenvalue weighted by atomic mass is 10.1. The van der Waals surface area contributed by atoms with E-state index in [1.165, 1.54) is 0 Å². The SMILES string of the molecule is COc1ccc(OC)c(CCNc2cc(N3CCSCC3)ncn2)c1. The van der Waals surface area contributed by atoms with E-state index in [1.807, 2.05) is 36.0 Å². The van der Waals surface area contributed by atoms with Crippen LogP contribution in [-0.4, -0.2) is 55.3 Å². The first kappa shape index (κ1) is 17.7. The van der Waals surface area contributed by atoms with Gasteiger partial charge >= 0.3 is 0 Å². The van der Waals surface area contributed by atoms with Gasteiger partial charge in [0.1, 0.15) is 29.5 Å². The largest absolute Gasteiger partial charge is 0.497 e. The number of hydrogen-bond donors (Lipinski definition) is 1. The molecule has 1 aliphatic rings. The molecule has 134 valence electrons. The second-order valence-electron chi connectivity index (χ2n) is 5.72. The highest BCUT2D eigenvalue weighted by atomic mass is 32.2. The zero-order chi connectivity index (χ0) is 17.5. The summed E-state index contributed by atoms with van der Waals surface area (Å²) in [7, 11) is 3.36. The molecule has 2 aromatic rings. The average Bonchev–Trinajstić information content (AvgIpc) is 2.69. The van der Waals surface area contributed by atoms with Crippen LogP contribution in [0.2, 0.25) is 0 Å². The van der Waals surface area contributed by atoms with Crippen molar-refractivity contribution < 1.29 is 9.47 Å². The van der Waals surface area contributed by atoms with Crippen molar-refractivity contribution in [1.29, 1.82) is 0 Å². The van der Waals surface area contributed by atoms with E-state index in [0.29, 0.717) is 0 Å². The fraction of sp³-hybridized carbons (Fsp3) is 0.444. The minimum atomic E-state index is 0.760. The summed E-state index contributed by atoms with van der Waals surface area (Å²) in [6, 6.07) is 7.88. The molecular formula is C18H24N4O2S. The lowest BCUT2D eigenvalue weighted by Gasteiger charge is -2.27. The average molecular weight is 360 g/mol. The number of benzene rings is 1. The van der Waals surface area contributed by atoms with Crippen LogP contribution >= 0.6 is 11.8 Å². The van der Waals surface area contributed by atoms with E-state index in [9.17, 15) is 0 Å². The zero-order valence-electron chi connectivity index (χ0n) is 14.7. The molecule has 0 unspecified atom stereocenters. The first-order valence-corrected chi connectivity index (χ1v) is 9.55. The Hall–Kier alpha value is -2.15. The Morgan fingerprint density at radius 2 is 1.96 bits per heavy atom. The van der Waals surface area contributed by atoms with Crippen LogP contribution in [-0.2, 0) is 6.42 Å². The normalized spacial score (nSPS) is 14.2. The summed E-state index contributed by atoms with van der Waals surface area (Å²) >= 11 is 1.99. The third-order valence-electron chi connectivity index (χ3n) is 4.18. The summed E-state index contributed by atoms with van der Waals surface area (Å²) in [6.45, 7) is 2.85. The van der Waals surface area contributed by atoms with Crippen molar-refractivity contribution in [3.63, 3.8) is 0 Å². The van der Waals surface area contributed by atoms with Gasteiger partial charge in [-0.1, -0.05) is 0 Å². The van der Waals surface area contributed by atoms with Crippen molar-refractivity contribution in [3.8, 4) is 11.5 Å². The molecule has 1 aliphatic heterocycles. The molecule has 1 aromatic heterocycles. The van der Waals surface area contributed by atoms with Gasteiger partial charge in [-0.2, -0.15) is 11.8 Å². The van der Waals surface area contributed by atoms with Gasteiger partial charge in [-0.15, -0.1) is 0 Å². The standard InChI is InChI=1S/C18H24N4O2S/c1-23-15-3-4-16(24-2)14(11-15)5-6-19-17-12-18(21-13-20-17)22-7-9-25-10-8-22/h3-4,11-13H,5-10H2,1-2H3,(H,19,20,21). The third kappa shape index (κ3) is 4.69. The van der Waals surface area contributed by atoms with E-state index in [-0.39, 0.29) is 0 Å². The van der Waals surface area contributed by atoms with E-state index in [1.54, 1.807) is 20.5 Å². The molecule has 0 bridgehead atoms. The van der Waals surface area contributed by atoms with Crippen LogP contribution in [0.25, 0.3) is 0 Å². The molecule has 1 saturated heterocycles. The van der Waals surface area contributed by atoms with Gasteiger partial charge in [-0.25, -0.2) is 9.97 Å². The minimum Gasteiger partial charge on any atom is -0.497 e. The molecule has 1 fully saturated rings. The number of nitrogens with zero attached hydrogens (tertiary/aromatic N) is 3. The van der Waals surface area contributed by atoms with Gasteiger partial charge in [-0.3, -0.25) is 0 Å². The lowest BCUT2D eigenvalue weighted by Crippen LogP contribution is -2.33. The summed E-state index contributed by atoms with van der Waals surface area (Å²) in [5.41, 5.74) is 1.11. The van der Waals surface area contributed by atoms with Crippen LogP contribution in [0.3, 0.4) is 0 Å². The summed E-state index contributed by atoms with van der Waals surface area (Å²) in [4.78, 5) is 11.1. The summed E-state index contributed by atoms with van der Waals surface area (Å²) in [5.74, 6) is 5.87. The molecule has 0 amide bonds. The molecule has 7 heteroatoms. The van der Waals surface area contributed by atoms with Gasteiger partial charge in [0, 0.05) is 37.2 Å². The molecule has 25 heavy (non-hydrogen) atoms. The van der Waals surface area contributed by atoms with Crippen LogP contribution in [0.5, 0.6) is 11.5 Å². The van der Waals surface area contributed by atoms with Gasteiger partial charge in [0.2, 0.25) is 0 Å². The Kier molecular flexibility index (Phi) is 6.22. The highest BCUT2D eigenvalue weighted by Gasteiger charge is 2.13. The molecule has 0 saturated carbocycles.